The Hall–Kier alpha value is -2.52. The van der Waals surface area contributed by atoms with Gasteiger partial charge in [0.2, 0.25) is 10.0 Å². The van der Waals surface area contributed by atoms with Gasteiger partial charge >= 0.3 is 0 Å². The third-order valence-electron chi connectivity index (χ3n) is 3.33. The van der Waals surface area contributed by atoms with Crippen LogP contribution in [0, 0.1) is 5.82 Å². The average Bonchev–Trinajstić information content (AvgIpc) is 2.84. The van der Waals surface area contributed by atoms with E-state index in [1.165, 1.54) is 24.5 Å². The van der Waals surface area contributed by atoms with Crippen LogP contribution in [0.15, 0.2) is 36.7 Å². The molecule has 0 fully saturated rings. The molecule has 1 aromatic carbocycles. The van der Waals surface area contributed by atoms with Gasteiger partial charge in [0, 0.05) is 6.07 Å². The van der Waals surface area contributed by atoms with Crippen LogP contribution < -0.4 is 10.5 Å². The molecule has 0 amide bonds. The molecule has 1 unspecified atom stereocenters. The predicted octanol–water partition coefficient (Wildman–Crippen LogP) is 1.95. The summed E-state index contributed by atoms with van der Waals surface area (Å²) in [6, 6.07) is 5.42. The zero-order valence-corrected chi connectivity index (χ0v) is 13.9. The number of imidazole rings is 1. The standard InChI is InChI=1S/C15H16FN5O2S/c1-9(17)15-19-13-4-3-10(16)5-14(13)21(15)12-6-11(7-18-8-12)20-24(2,22)23/h3-9,20H,17H2,1-2H3. The summed E-state index contributed by atoms with van der Waals surface area (Å²) in [6.45, 7) is 1.76. The fraction of sp³-hybridized carbons (Fsp3) is 0.200. The Morgan fingerprint density at radius 2 is 2.04 bits per heavy atom. The Kier molecular flexibility index (Phi) is 3.98. The van der Waals surface area contributed by atoms with Crippen molar-refractivity contribution in [3.63, 3.8) is 0 Å². The SMILES string of the molecule is CC(N)c1nc2ccc(F)cc2n1-c1cncc(NS(C)(=O)=O)c1. The molecule has 0 aliphatic rings. The minimum atomic E-state index is -3.44. The van der Waals surface area contributed by atoms with Crippen LogP contribution in [0.5, 0.6) is 0 Å². The molecule has 3 rings (SSSR count). The van der Waals surface area contributed by atoms with Gasteiger partial charge in [-0.3, -0.25) is 14.3 Å². The van der Waals surface area contributed by atoms with Crippen LogP contribution >= 0.6 is 0 Å². The van der Waals surface area contributed by atoms with Crippen LogP contribution in [-0.4, -0.2) is 29.2 Å². The minimum absolute atomic E-state index is 0.295. The molecule has 0 bridgehead atoms. The first kappa shape index (κ1) is 16.3. The molecule has 9 heteroatoms. The van der Waals surface area contributed by atoms with Crippen LogP contribution in [0.2, 0.25) is 0 Å². The van der Waals surface area contributed by atoms with E-state index < -0.39 is 21.9 Å². The summed E-state index contributed by atoms with van der Waals surface area (Å²) in [5, 5.41) is 0. The molecule has 24 heavy (non-hydrogen) atoms. The fourth-order valence-corrected chi connectivity index (χ4v) is 3.00. The normalized spacial score (nSPS) is 13.2. The van der Waals surface area contributed by atoms with E-state index in [0.29, 0.717) is 28.2 Å². The van der Waals surface area contributed by atoms with Crippen LogP contribution in [0.25, 0.3) is 16.7 Å². The Morgan fingerprint density at radius 3 is 2.71 bits per heavy atom. The molecule has 0 saturated heterocycles. The van der Waals surface area contributed by atoms with E-state index in [2.05, 4.69) is 14.7 Å². The second-order valence-electron chi connectivity index (χ2n) is 5.53. The number of halogens is 1. The number of nitrogens with two attached hydrogens (primary N) is 1. The molecular weight excluding hydrogens is 333 g/mol. The quantitative estimate of drug-likeness (QED) is 0.749. The van der Waals surface area contributed by atoms with E-state index in [4.69, 9.17) is 5.73 Å². The van der Waals surface area contributed by atoms with Crippen molar-refractivity contribution in [1.29, 1.82) is 0 Å². The number of sulfonamides is 1. The number of pyridine rings is 1. The lowest BCUT2D eigenvalue weighted by Crippen LogP contribution is -2.13. The molecule has 2 aromatic heterocycles. The zero-order valence-electron chi connectivity index (χ0n) is 13.1. The molecule has 0 spiro atoms. The highest BCUT2D eigenvalue weighted by molar-refractivity contribution is 7.92. The lowest BCUT2D eigenvalue weighted by molar-refractivity contribution is 0.606. The first-order chi connectivity index (χ1) is 11.2. The molecule has 7 nitrogen and oxygen atoms in total. The van der Waals surface area contributed by atoms with Crippen molar-refractivity contribution in [3.8, 4) is 5.69 Å². The number of aromatic nitrogens is 3. The molecule has 3 aromatic rings. The van der Waals surface area contributed by atoms with Gasteiger partial charge < -0.3 is 5.73 Å². The molecule has 2 heterocycles. The second-order valence-corrected chi connectivity index (χ2v) is 7.28. The molecule has 1 atom stereocenters. The zero-order chi connectivity index (χ0) is 17.5. The Balaban J connectivity index is 2.23. The summed E-state index contributed by atoms with van der Waals surface area (Å²) in [6.07, 6.45) is 3.97. The molecule has 0 radical (unpaired) electrons. The van der Waals surface area contributed by atoms with E-state index in [9.17, 15) is 12.8 Å². The largest absolute Gasteiger partial charge is 0.322 e. The molecule has 0 saturated carbocycles. The Bertz CT molecular complexity index is 1010. The maximum Gasteiger partial charge on any atom is 0.229 e. The maximum absolute atomic E-state index is 13.7. The van der Waals surface area contributed by atoms with Crippen LogP contribution in [0.3, 0.4) is 0 Å². The van der Waals surface area contributed by atoms with E-state index in [1.807, 2.05) is 0 Å². The average molecular weight is 349 g/mol. The number of anilines is 1. The number of hydrogen-bond donors (Lipinski definition) is 2. The predicted molar refractivity (Wildman–Crippen MR) is 89.9 cm³/mol. The lowest BCUT2D eigenvalue weighted by atomic mass is 10.3. The minimum Gasteiger partial charge on any atom is -0.322 e. The second kappa shape index (κ2) is 5.84. The summed E-state index contributed by atoms with van der Waals surface area (Å²) >= 11 is 0. The first-order valence-electron chi connectivity index (χ1n) is 7.11. The van der Waals surface area contributed by atoms with Crippen LogP contribution in [0.4, 0.5) is 10.1 Å². The van der Waals surface area contributed by atoms with Gasteiger partial charge in [-0.2, -0.15) is 0 Å². The first-order valence-corrected chi connectivity index (χ1v) is 9.00. The number of hydrogen-bond acceptors (Lipinski definition) is 5. The van der Waals surface area contributed by atoms with Gasteiger partial charge in [0.1, 0.15) is 11.6 Å². The Morgan fingerprint density at radius 1 is 1.29 bits per heavy atom. The van der Waals surface area contributed by atoms with Gasteiger partial charge in [0.25, 0.3) is 0 Å². The number of fused-ring (bicyclic) bond motifs is 1. The summed E-state index contributed by atoms with van der Waals surface area (Å²) in [5.41, 5.74) is 7.93. The number of rotatable bonds is 4. The topological polar surface area (TPSA) is 103 Å². The van der Waals surface area contributed by atoms with E-state index in [-0.39, 0.29) is 0 Å². The maximum atomic E-state index is 13.7. The number of benzene rings is 1. The van der Waals surface area contributed by atoms with E-state index in [1.54, 1.807) is 23.6 Å². The smallest absolute Gasteiger partial charge is 0.229 e. The summed E-state index contributed by atoms with van der Waals surface area (Å²) in [7, 11) is -3.44. The molecule has 0 aliphatic heterocycles. The van der Waals surface area contributed by atoms with Crippen molar-refractivity contribution in [3.05, 3.63) is 48.3 Å². The molecule has 126 valence electrons. The van der Waals surface area contributed by atoms with Crippen LogP contribution in [-0.2, 0) is 10.0 Å². The van der Waals surface area contributed by atoms with Crippen molar-refractivity contribution in [2.75, 3.05) is 11.0 Å². The third-order valence-corrected chi connectivity index (χ3v) is 3.94. The van der Waals surface area contributed by atoms with Crippen LogP contribution in [0.1, 0.15) is 18.8 Å². The van der Waals surface area contributed by atoms with Gasteiger partial charge in [-0.25, -0.2) is 17.8 Å². The van der Waals surface area contributed by atoms with Gasteiger partial charge in [-0.05, 0) is 25.1 Å². The van der Waals surface area contributed by atoms with Gasteiger partial charge in [-0.1, -0.05) is 0 Å². The molecular formula is C15H16FN5O2S. The van der Waals surface area contributed by atoms with Crippen molar-refractivity contribution < 1.29 is 12.8 Å². The van der Waals surface area contributed by atoms with Gasteiger partial charge in [0.15, 0.2) is 0 Å². The molecule has 0 aliphatic carbocycles. The summed E-state index contributed by atoms with van der Waals surface area (Å²) < 4.78 is 40.5. The van der Waals surface area contributed by atoms with Crippen molar-refractivity contribution in [2.45, 2.75) is 13.0 Å². The third kappa shape index (κ3) is 3.22. The van der Waals surface area contributed by atoms with Gasteiger partial charge in [-0.15, -0.1) is 0 Å². The van der Waals surface area contributed by atoms with E-state index in [0.717, 1.165) is 6.26 Å². The Labute approximate surface area is 138 Å². The number of nitrogens with zero attached hydrogens (tertiary/aromatic N) is 3. The summed E-state index contributed by atoms with van der Waals surface area (Å²) in [4.78, 5) is 8.48. The monoisotopic (exact) mass is 349 g/mol. The van der Waals surface area contributed by atoms with Gasteiger partial charge in [0.05, 0.1) is 47.1 Å². The van der Waals surface area contributed by atoms with Crippen molar-refractivity contribution >= 4 is 26.7 Å². The van der Waals surface area contributed by atoms with E-state index >= 15 is 0 Å². The van der Waals surface area contributed by atoms with Crippen molar-refractivity contribution in [2.24, 2.45) is 5.73 Å². The lowest BCUT2D eigenvalue weighted by Gasteiger charge is -2.12. The number of nitrogens with one attached hydrogen (secondary N) is 1. The summed E-state index contributed by atoms with van der Waals surface area (Å²) in [5.74, 6) is 0.118. The molecule has 3 N–H and O–H groups in total. The highest BCUT2D eigenvalue weighted by Crippen LogP contribution is 2.26. The highest BCUT2D eigenvalue weighted by atomic mass is 32.2. The van der Waals surface area contributed by atoms with Crippen molar-refractivity contribution in [1.82, 2.24) is 14.5 Å². The highest BCUT2D eigenvalue weighted by Gasteiger charge is 2.17. The fourth-order valence-electron chi connectivity index (χ4n) is 2.46.